The average Bonchev–Trinajstić information content (AvgIpc) is 2.63. The number of aromatic nitrogens is 2. The number of anilines is 1. The molecule has 0 spiro atoms. The highest BCUT2D eigenvalue weighted by atomic mass is 16.2. The molecule has 0 radical (unpaired) electrons. The first-order chi connectivity index (χ1) is 11.2. The minimum absolute atomic E-state index is 0.0210. The van der Waals surface area contributed by atoms with E-state index in [0.717, 1.165) is 24.5 Å². The number of carbonyl (C=O) groups excluding carboxylic acids is 1. The molecule has 2 heterocycles. The fraction of sp³-hybridized carbons (Fsp3) is 0.353. The standard InChI is InChI=1S/C17H21N5O/c18-15(12-14-4-2-1-3-5-14)17(23)22-10-8-21(9-11-22)16-13-19-6-7-20-16/h1-7,13,15H,8-12,18H2/t15-/m0/s1. The molecule has 1 amide bonds. The van der Waals surface area contributed by atoms with Crippen LogP contribution in [0.5, 0.6) is 0 Å². The number of nitrogens with zero attached hydrogens (tertiary/aromatic N) is 4. The molecule has 3 rings (SSSR count). The van der Waals surface area contributed by atoms with E-state index in [4.69, 9.17) is 5.73 Å². The van der Waals surface area contributed by atoms with Crippen LogP contribution < -0.4 is 10.6 Å². The number of rotatable bonds is 4. The molecule has 0 unspecified atom stereocenters. The van der Waals surface area contributed by atoms with Crippen molar-refractivity contribution in [3.8, 4) is 0 Å². The number of benzene rings is 1. The SMILES string of the molecule is N[C@@H](Cc1ccccc1)C(=O)N1CCN(c2cnccn2)CC1. The molecule has 1 fully saturated rings. The molecule has 2 N–H and O–H groups in total. The first-order valence-electron chi connectivity index (χ1n) is 7.83. The van der Waals surface area contributed by atoms with Crippen molar-refractivity contribution in [2.75, 3.05) is 31.1 Å². The monoisotopic (exact) mass is 311 g/mol. The van der Waals surface area contributed by atoms with Crippen LogP contribution in [-0.4, -0.2) is 53.0 Å². The van der Waals surface area contributed by atoms with Crippen LogP contribution in [-0.2, 0) is 11.2 Å². The summed E-state index contributed by atoms with van der Waals surface area (Å²) in [5.41, 5.74) is 7.19. The van der Waals surface area contributed by atoms with E-state index < -0.39 is 6.04 Å². The molecule has 0 saturated carbocycles. The van der Waals surface area contributed by atoms with Gasteiger partial charge < -0.3 is 15.5 Å². The molecular formula is C17H21N5O. The van der Waals surface area contributed by atoms with E-state index in [1.165, 1.54) is 0 Å². The highest BCUT2D eigenvalue weighted by molar-refractivity contribution is 5.82. The van der Waals surface area contributed by atoms with Crippen molar-refractivity contribution in [2.45, 2.75) is 12.5 Å². The van der Waals surface area contributed by atoms with Crippen molar-refractivity contribution in [3.05, 3.63) is 54.5 Å². The van der Waals surface area contributed by atoms with E-state index in [1.807, 2.05) is 35.2 Å². The Morgan fingerprint density at radius 1 is 1.13 bits per heavy atom. The van der Waals surface area contributed by atoms with Crippen molar-refractivity contribution in [1.82, 2.24) is 14.9 Å². The Labute approximate surface area is 135 Å². The Morgan fingerprint density at radius 3 is 2.52 bits per heavy atom. The maximum Gasteiger partial charge on any atom is 0.239 e. The summed E-state index contributed by atoms with van der Waals surface area (Å²) in [7, 11) is 0. The van der Waals surface area contributed by atoms with Gasteiger partial charge in [-0.1, -0.05) is 30.3 Å². The molecule has 1 atom stereocenters. The first-order valence-corrected chi connectivity index (χ1v) is 7.83. The van der Waals surface area contributed by atoms with Crippen molar-refractivity contribution in [3.63, 3.8) is 0 Å². The quantitative estimate of drug-likeness (QED) is 0.899. The topological polar surface area (TPSA) is 75.4 Å². The second kappa shape index (κ2) is 7.19. The molecule has 1 aliphatic rings. The molecule has 1 aliphatic heterocycles. The van der Waals surface area contributed by atoms with Crippen molar-refractivity contribution in [2.24, 2.45) is 5.73 Å². The molecule has 2 aromatic rings. The number of piperazine rings is 1. The normalized spacial score (nSPS) is 16.2. The predicted molar refractivity (Wildman–Crippen MR) is 88.9 cm³/mol. The zero-order chi connectivity index (χ0) is 16.1. The van der Waals surface area contributed by atoms with Gasteiger partial charge in [0.2, 0.25) is 5.91 Å². The van der Waals surface area contributed by atoms with Gasteiger partial charge >= 0.3 is 0 Å². The lowest BCUT2D eigenvalue weighted by Gasteiger charge is -2.36. The number of carbonyl (C=O) groups is 1. The molecule has 1 aromatic carbocycles. The van der Waals surface area contributed by atoms with Crippen molar-refractivity contribution >= 4 is 11.7 Å². The Bertz CT molecular complexity index is 626. The number of nitrogens with two attached hydrogens (primary N) is 1. The molecule has 120 valence electrons. The van der Waals surface area contributed by atoms with Gasteiger partial charge in [-0.05, 0) is 12.0 Å². The van der Waals surface area contributed by atoms with Crippen LogP contribution in [0.4, 0.5) is 5.82 Å². The molecule has 0 aliphatic carbocycles. The number of hydrogen-bond donors (Lipinski definition) is 1. The van der Waals surface area contributed by atoms with Crippen LogP contribution in [0.15, 0.2) is 48.9 Å². The number of hydrogen-bond acceptors (Lipinski definition) is 5. The van der Waals surface area contributed by atoms with Gasteiger partial charge in [0.1, 0.15) is 5.82 Å². The minimum Gasteiger partial charge on any atom is -0.352 e. The highest BCUT2D eigenvalue weighted by Gasteiger charge is 2.25. The maximum absolute atomic E-state index is 12.5. The molecule has 1 aromatic heterocycles. The Balaban J connectivity index is 1.54. The lowest BCUT2D eigenvalue weighted by molar-refractivity contribution is -0.132. The first kappa shape index (κ1) is 15.4. The van der Waals surface area contributed by atoms with Gasteiger partial charge in [0.05, 0.1) is 12.2 Å². The zero-order valence-electron chi connectivity index (χ0n) is 13.0. The lowest BCUT2D eigenvalue weighted by atomic mass is 10.1. The van der Waals surface area contributed by atoms with Crippen molar-refractivity contribution < 1.29 is 4.79 Å². The van der Waals surface area contributed by atoms with E-state index in [2.05, 4.69) is 14.9 Å². The maximum atomic E-state index is 12.5. The highest BCUT2D eigenvalue weighted by Crippen LogP contribution is 2.12. The Kier molecular flexibility index (Phi) is 4.83. The Morgan fingerprint density at radius 2 is 1.87 bits per heavy atom. The van der Waals surface area contributed by atoms with Crippen LogP contribution in [0.2, 0.25) is 0 Å². The summed E-state index contributed by atoms with van der Waals surface area (Å²) in [4.78, 5) is 24.9. The van der Waals surface area contributed by atoms with E-state index in [0.29, 0.717) is 19.5 Å². The summed E-state index contributed by atoms with van der Waals surface area (Å²) < 4.78 is 0. The summed E-state index contributed by atoms with van der Waals surface area (Å²) in [6.45, 7) is 2.83. The second-order valence-corrected chi connectivity index (χ2v) is 5.67. The largest absolute Gasteiger partial charge is 0.352 e. The third-order valence-corrected chi connectivity index (χ3v) is 4.08. The second-order valence-electron chi connectivity index (χ2n) is 5.67. The van der Waals surface area contributed by atoms with Crippen LogP contribution in [0.3, 0.4) is 0 Å². The molecule has 0 bridgehead atoms. The van der Waals surface area contributed by atoms with Crippen LogP contribution in [0.25, 0.3) is 0 Å². The van der Waals surface area contributed by atoms with Crippen molar-refractivity contribution in [1.29, 1.82) is 0 Å². The predicted octanol–water partition coefficient (Wildman–Crippen LogP) is 0.695. The fourth-order valence-electron chi connectivity index (χ4n) is 2.80. The van der Waals surface area contributed by atoms with Crippen LogP contribution in [0.1, 0.15) is 5.56 Å². The summed E-state index contributed by atoms with van der Waals surface area (Å²) in [6.07, 6.45) is 5.66. The van der Waals surface area contributed by atoms with Gasteiger partial charge in [0.25, 0.3) is 0 Å². The van der Waals surface area contributed by atoms with E-state index in [-0.39, 0.29) is 5.91 Å². The average molecular weight is 311 g/mol. The smallest absolute Gasteiger partial charge is 0.239 e. The summed E-state index contributed by atoms with van der Waals surface area (Å²) in [5.74, 6) is 0.876. The summed E-state index contributed by atoms with van der Waals surface area (Å²) >= 11 is 0. The molecule has 6 heteroatoms. The molecule has 23 heavy (non-hydrogen) atoms. The molecule has 6 nitrogen and oxygen atoms in total. The van der Waals surface area contributed by atoms with Gasteiger partial charge in [-0.15, -0.1) is 0 Å². The van der Waals surface area contributed by atoms with Gasteiger partial charge in [-0.25, -0.2) is 4.98 Å². The van der Waals surface area contributed by atoms with Crippen LogP contribution in [0, 0.1) is 0 Å². The van der Waals surface area contributed by atoms with Crippen LogP contribution >= 0.6 is 0 Å². The van der Waals surface area contributed by atoms with Gasteiger partial charge in [0.15, 0.2) is 0 Å². The molecular weight excluding hydrogens is 290 g/mol. The number of amides is 1. The third-order valence-electron chi connectivity index (χ3n) is 4.08. The van der Waals surface area contributed by atoms with E-state index in [1.54, 1.807) is 18.6 Å². The summed E-state index contributed by atoms with van der Waals surface area (Å²) in [6, 6.07) is 9.40. The molecule has 1 saturated heterocycles. The van der Waals surface area contributed by atoms with E-state index >= 15 is 0 Å². The van der Waals surface area contributed by atoms with Gasteiger partial charge in [-0.2, -0.15) is 0 Å². The van der Waals surface area contributed by atoms with E-state index in [9.17, 15) is 4.79 Å². The zero-order valence-corrected chi connectivity index (χ0v) is 13.0. The minimum atomic E-state index is -0.486. The third kappa shape index (κ3) is 3.84. The van der Waals surface area contributed by atoms with Gasteiger partial charge in [0, 0.05) is 38.6 Å². The lowest BCUT2D eigenvalue weighted by Crippen LogP contribution is -2.53. The Hall–Kier alpha value is -2.47. The van der Waals surface area contributed by atoms with Gasteiger partial charge in [-0.3, -0.25) is 9.78 Å². The summed E-state index contributed by atoms with van der Waals surface area (Å²) in [5, 5.41) is 0. The fourth-order valence-corrected chi connectivity index (χ4v) is 2.80.